The molecule has 5 nitrogen and oxygen atoms in total. The van der Waals surface area contributed by atoms with E-state index in [-0.39, 0.29) is 5.91 Å². The molecule has 2 aromatic carbocycles. The molecule has 0 atom stereocenters. The molecule has 134 valence electrons. The molecule has 7 heteroatoms. The first-order valence-electron chi connectivity index (χ1n) is 7.89. The highest BCUT2D eigenvalue weighted by Gasteiger charge is 2.11. The summed E-state index contributed by atoms with van der Waals surface area (Å²) in [7, 11) is -3.36. The van der Waals surface area contributed by atoms with Crippen LogP contribution >= 0.6 is 11.3 Å². The van der Waals surface area contributed by atoms with E-state index in [9.17, 15) is 13.2 Å². The van der Waals surface area contributed by atoms with Crippen molar-refractivity contribution >= 4 is 38.6 Å². The van der Waals surface area contributed by atoms with E-state index in [0.717, 1.165) is 18.2 Å². The average molecular weight is 386 g/mol. The van der Waals surface area contributed by atoms with Crippen LogP contribution in [0.3, 0.4) is 0 Å². The van der Waals surface area contributed by atoms with Gasteiger partial charge in [0.05, 0.1) is 16.8 Å². The molecule has 2 N–H and O–H groups in total. The smallest absolute Gasteiger partial charge is 0.265 e. The van der Waals surface area contributed by atoms with Crippen molar-refractivity contribution in [2.45, 2.75) is 6.42 Å². The van der Waals surface area contributed by atoms with E-state index in [1.165, 1.54) is 16.9 Å². The second-order valence-corrected chi connectivity index (χ2v) is 8.55. The Labute approximate surface area is 156 Å². The molecule has 26 heavy (non-hydrogen) atoms. The van der Waals surface area contributed by atoms with Crippen LogP contribution in [-0.2, 0) is 16.4 Å². The van der Waals surface area contributed by atoms with Crippen LogP contribution in [0, 0.1) is 0 Å². The van der Waals surface area contributed by atoms with Crippen LogP contribution in [0.5, 0.6) is 0 Å². The lowest BCUT2D eigenvalue weighted by atomic mass is 10.1. The third-order valence-corrected chi connectivity index (χ3v) is 5.14. The van der Waals surface area contributed by atoms with Gasteiger partial charge in [-0.25, -0.2) is 8.42 Å². The average Bonchev–Trinajstić information content (AvgIpc) is 3.03. The fourth-order valence-electron chi connectivity index (χ4n) is 2.49. The van der Waals surface area contributed by atoms with Gasteiger partial charge in [-0.3, -0.25) is 9.52 Å². The number of amides is 1. The second-order valence-electron chi connectivity index (χ2n) is 5.89. The molecular weight excluding hydrogens is 368 g/mol. The number of thiophene rings is 1. The number of carbonyl (C=O) groups is 1. The molecule has 1 amide bonds. The molecule has 1 aromatic heterocycles. The SMILES string of the molecule is CS(=O)(=O)Nc1cccc(NC(=O)c2cc(Cc3ccccc3)cs2)c1. The Morgan fingerprint density at radius 3 is 2.42 bits per heavy atom. The van der Waals surface area contributed by atoms with Crippen molar-refractivity contribution in [2.75, 3.05) is 16.3 Å². The zero-order valence-corrected chi connectivity index (χ0v) is 15.7. The topological polar surface area (TPSA) is 75.3 Å². The molecule has 0 fully saturated rings. The van der Waals surface area contributed by atoms with E-state index < -0.39 is 10.0 Å². The van der Waals surface area contributed by atoms with Gasteiger partial charge < -0.3 is 5.32 Å². The van der Waals surface area contributed by atoms with Crippen molar-refractivity contribution in [3.63, 3.8) is 0 Å². The monoisotopic (exact) mass is 386 g/mol. The van der Waals surface area contributed by atoms with Gasteiger partial charge in [0.2, 0.25) is 10.0 Å². The number of sulfonamides is 1. The van der Waals surface area contributed by atoms with Crippen LogP contribution in [0.1, 0.15) is 20.8 Å². The minimum Gasteiger partial charge on any atom is -0.321 e. The minimum absolute atomic E-state index is 0.217. The van der Waals surface area contributed by atoms with Gasteiger partial charge in [0.1, 0.15) is 0 Å². The van der Waals surface area contributed by atoms with E-state index in [1.807, 2.05) is 29.6 Å². The quantitative estimate of drug-likeness (QED) is 0.673. The van der Waals surface area contributed by atoms with Crippen LogP contribution < -0.4 is 10.0 Å². The van der Waals surface area contributed by atoms with Crippen LogP contribution in [0.15, 0.2) is 66.0 Å². The molecular formula is C19H18N2O3S2. The number of rotatable bonds is 6. The van der Waals surface area contributed by atoms with Gasteiger partial charge in [-0.15, -0.1) is 11.3 Å². The summed E-state index contributed by atoms with van der Waals surface area (Å²) in [5.74, 6) is -0.217. The van der Waals surface area contributed by atoms with E-state index in [4.69, 9.17) is 0 Å². The highest BCUT2D eigenvalue weighted by Crippen LogP contribution is 2.21. The number of nitrogens with one attached hydrogen (secondary N) is 2. The molecule has 0 bridgehead atoms. The van der Waals surface area contributed by atoms with Gasteiger partial charge in [-0.1, -0.05) is 36.4 Å². The van der Waals surface area contributed by atoms with Gasteiger partial charge in [0.25, 0.3) is 5.91 Å². The van der Waals surface area contributed by atoms with Gasteiger partial charge in [0.15, 0.2) is 0 Å². The Morgan fingerprint density at radius 2 is 1.69 bits per heavy atom. The first kappa shape index (κ1) is 18.2. The number of carbonyl (C=O) groups excluding carboxylic acids is 1. The van der Waals surface area contributed by atoms with Crippen molar-refractivity contribution in [3.05, 3.63) is 82.0 Å². The summed E-state index contributed by atoms with van der Waals surface area (Å²) in [4.78, 5) is 13.0. The molecule has 0 aliphatic heterocycles. The number of hydrogen-bond acceptors (Lipinski definition) is 4. The zero-order chi connectivity index (χ0) is 18.6. The maximum absolute atomic E-state index is 12.4. The fourth-order valence-corrected chi connectivity index (χ4v) is 3.85. The third-order valence-electron chi connectivity index (χ3n) is 3.55. The zero-order valence-electron chi connectivity index (χ0n) is 14.1. The molecule has 0 saturated heterocycles. The van der Waals surface area contributed by atoms with Crippen molar-refractivity contribution in [3.8, 4) is 0 Å². The summed E-state index contributed by atoms with van der Waals surface area (Å²) >= 11 is 1.39. The maximum atomic E-state index is 12.4. The highest BCUT2D eigenvalue weighted by molar-refractivity contribution is 7.92. The molecule has 0 aliphatic rings. The highest BCUT2D eigenvalue weighted by atomic mass is 32.2. The standard InChI is InChI=1S/C19H18N2O3S2/c1-26(23,24)21-17-9-5-8-16(12-17)20-19(22)18-11-15(13-25-18)10-14-6-3-2-4-7-14/h2-9,11-13,21H,10H2,1H3,(H,20,22). The molecule has 0 unspecified atom stereocenters. The van der Waals surface area contributed by atoms with Crippen LogP contribution in [0.4, 0.5) is 11.4 Å². The molecule has 0 spiro atoms. The number of benzene rings is 2. The lowest BCUT2D eigenvalue weighted by Crippen LogP contribution is -2.12. The molecule has 0 radical (unpaired) electrons. The number of anilines is 2. The Bertz CT molecular complexity index is 1010. The molecule has 0 aliphatic carbocycles. The minimum atomic E-state index is -3.36. The van der Waals surface area contributed by atoms with Gasteiger partial charge in [0, 0.05) is 5.69 Å². The van der Waals surface area contributed by atoms with Crippen molar-refractivity contribution < 1.29 is 13.2 Å². The van der Waals surface area contributed by atoms with E-state index >= 15 is 0 Å². The molecule has 3 aromatic rings. The third kappa shape index (κ3) is 5.18. The normalized spacial score (nSPS) is 11.1. The van der Waals surface area contributed by atoms with Crippen LogP contribution in [-0.4, -0.2) is 20.6 Å². The largest absolute Gasteiger partial charge is 0.321 e. The Kier molecular flexibility index (Phi) is 5.39. The number of hydrogen-bond donors (Lipinski definition) is 2. The lowest BCUT2D eigenvalue weighted by Gasteiger charge is -2.07. The van der Waals surface area contributed by atoms with Crippen molar-refractivity contribution in [1.29, 1.82) is 0 Å². The van der Waals surface area contributed by atoms with E-state index in [2.05, 4.69) is 22.2 Å². The lowest BCUT2D eigenvalue weighted by molar-refractivity contribution is 0.103. The van der Waals surface area contributed by atoms with Crippen molar-refractivity contribution in [1.82, 2.24) is 0 Å². The van der Waals surface area contributed by atoms with E-state index in [1.54, 1.807) is 24.3 Å². The van der Waals surface area contributed by atoms with Gasteiger partial charge >= 0.3 is 0 Å². The summed E-state index contributed by atoms with van der Waals surface area (Å²) in [5.41, 5.74) is 3.21. The van der Waals surface area contributed by atoms with E-state index in [0.29, 0.717) is 16.3 Å². The Balaban J connectivity index is 1.68. The first-order valence-corrected chi connectivity index (χ1v) is 10.7. The molecule has 0 saturated carbocycles. The van der Waals surface area contributed by atoms with Crippen LogP contribution in [0.25, 0.3) is 0 Å². The predicted molar refractivity (Wildman–Crippen MR) is 106 cm³/mol. The van der Waals surface area contributed by atoms with Gasteiger partial charge in [-0.05, 0) is 47.2 Å². The van der Waals surface area contributed by atoms with Crippen molar-refractivity contribution in [2.24, 2.45) is 0 Å². The Hall–Kier alpha value is -2.64. The summed E-state index contributed by atoms with van der Waals surface area (Å²) in [6.07, 6.45) is 1.86. The molecule has 3 rings (SSSR count). The predicted octanol–water partition coefficient (Wildman–Crippen LogP) is 3.96. The molecule has 1 heterocycles. The summed E-state index contributed by atoms with van der Waals surface area (Å²) in [5, 5.41) is 4.77. The Morgan fingerprint density at radius 1 is 0.962 bits per heavy atom. The summed E-state index contributed by atoms with van der Waals surface area (Å²) in [6, 6.07) is 18.5. The fraction of sp³-hybridized carbons (Fsp3) is 0.105. The summed E-state index contributed by atoms with van der Waals surface area (Å²) < 4.78 is 25.0. The summed E-state index contributed by atoms with van der Waals surface area (Å²) in [6.45, 7) is 0. The second kappa shape index (κ2) is 7.72. The maximum Gasteiger partial charge on any atom is 0.265 e. The van der Waals surface area contributed by atoms with Crippen LogP contribution in [0.2, 0.25) is 0 Å². The van der Waals surface area contributed by atoms with Gasteiger partial charge in [-0.2, -0.15) is 0 Å². The first-order chi connectivity index (χ1) is 12.4.